The minimum Gasteiger partial charge on any atom is -0.282 e. The predicted octanol–water partition coefficient (Wildman–Crippen LogP) is 2.08. The molecular weight excluding hydrogens is 165 g/mol. The van der Waals surface area contributed by atoms with Gasteiger partial charge in [0, 0.05) is 19.0 Å². The molecule has 1 heterocycles. The van der Waals surface area contributed by atoms with Crippen LogP contribution in [0, 0.1) is 17.8 Å². The van der Waals surface area contributed by atoms with Gasteiger partial charge in [-0.3, -0.25) is 4.90 Å². The predicted molar refractivity (Wildman–Crippen MR) is 53.2 cm³/mol. The second-order valence-electron chi connectivity index (χ2n) is 4.49. The maximum absolute atomic E-state index is 12.6. The largest absolute Gasteiger partial charge is 0.282 e. The number of likely N-dealkylation sites (tertiary alicyclic amines) is 1. The van der Waals surface area contributed by atoms with Crippen molar-refractivity contribution in [3.63, 3.8) is 0 Å². The van der Waals surface area contributed by atoms with E-state index in [1.165, 1.54) is 0 Å². The Labute approximate surface area is 80.3 Å². The molecule has 1 aliphatic rings. The Morgan fingerprint density at radius 3 is 2.31 bits per heavy atom. The van der Waals surface area contributed by atoms with Crippen LogP contribution in [0.25, 0.3) is 0 Å². The van der Waals surface area contributed by atoms with Gasteiger partial charge in [0.15, 0.2) is 0 Å². The highest BCUT2D eigenvalue weighted by molar-refractivity contribution is 5.17. The zero-order chi connectivity index (χ0) is 10.1. The van der Waals surface area contributed by atoms with E-state index in [1.54, 1.807) is 0 Å². The van der Waals surface area contributed by atoms with Gasteiger partial charge in [0.05, 0.1) is 5.54 Å². The van der Waals surface area contributed by atoms with Gasteiger partial charge in [0.25, 0.3) is 0 Å². The molecule has 0 spiro atoms. The van der Waals surface area contributed by atoms with Crippen molar-refractivity contribution in [3.8, 4) is 11.8 Å². The van der Waals surface area contributed by atoms with Crippen LogP contribution < -0.4 is 0 Å². The molecule has 1 aliphatic heterocycles. The lowest BCUT2D eigenvalue weighted by molar-refractivity contribution is 0.0124. The van der Waals surface area contributed by atoms with E-state index in [0.29, 0.717) is 19.0 Å². The standard InChI is InChI=1S/C11H18FN/c1-9(2)5-6-11(3,4)13-7-10(12)8-13/h9-10H,7-8H2,1-4H3. The summed E-state index contributed by atoms with van der Waals surface area (Å²) in [7, 11) is 0. The van der Waals surface area contributed by atoms with Gasteiger partial charge in [0.1, 0.15) is 6.17 Å². The van der Waals surface area contributed by atoms with Crippen molar-refractivity contribution in [2.24, 2.45) is 5.92 Å². The summed E-state index contributed by atoms with van der Waals surface area (Å²) in [5.74, 6) is 6.72. The number of halogens is 1. The van der Waals surface area contributed by atoms with Crippen LogP contribution in [0.2, 0.25) is 0 Å². The Kier molecular flexibility index (Phi) is 2.98. The molecule has 0 radical (unpaired) electrons. The molecule has 0 aromatic rings. The first kappa shape index (κ1) is 10.5. The topological polar surface area (TPSA) is 3.24 Å². The molecule has 74 valence electrons. The van der Waals surface area contributed by atoms with Crippen molar-refractivity contribution in [2.75, 3.05) is 13.1 Å². The van der Waals surface area contributed by atoms with Crippen LogP contribution in [0.15, 0.2) is 0 Å². The SMILES string of the molecule is CC(C)C#CC(C)(C)N1CC(F)C1. The van der Waals surface area contributed by atoms with Crippen LogP contribution in [0.1, 0.15) is 27.7 Å². The molecule has 0 bridgehead atoms. The van der Waals surface area contributed by atoms with Gasteiger partial charge in [-0.1, -0.05) is 25.7 Å². The molecular formula is C11H18FN. The first-order chi connectivity index (χ1) is 5.92. The Balaban J connectivity index is 2.52. The fraction of sp³-hybridized carbons (Fsp3) is 0.818. The molecule has 0 unspecified atom stereocenters. The molecule has 0 amide bonds. The first-order valence-electron chi connectivity index (χ1n) is 4.83. The maximum atomic E-state index is 12.6. The van der Waals surface area contributed by atoms with Gasteiger partial charge in [-0.15, -0.1) is 0 Å². The minimum absolute atomic E-state index is 0.160. The third-order valence-electron chi connectivity index (χ3n) is 2.29. The minimum atomic E-state index is -0.639. The number of hydrogen-bond acceptors (Lipinski definition) is 1. The second kappa shape index (κ2) is 3.67. The third-order valence-corrected chi connectivity index (χ3v) is 2.29. The van der Waals surface area contributed by atoms with Gasteiger partial charge < -0.3 is 0 Å². The third kappa shape index (κ3) is 2.70. The lowest BCUT2D eigenvalue weighted by atomic mass is 9.97. The van der Waals surface area contributed by atoms with E-state index in [9.17, 15) is 4.39 Å². The van der Waals surface area contributed by atoms with Crippen molar-refractivity contribution in [3.05, 3.63) is 0 Å². The van der Waals surface area contributed by atoms with Gasteiger partial charge in [-0.05, 0) is 13.8 Å². The molecule has 0 aromatic heterocycles. The zero-order valence-electron chi connectivity index (χ0n) is 8.89. The Hall–Kier alpha value is -0.550. The highest BCUT2D eigenvalue weighted by atomic mass is 19.1. The molecule has 2 heteroatoms. The van der Waals surface area contributed by atoms with Crippen LogP contribution in [0.4, 0.5) is 4.39 Å². The quantitative estimate of drug-likeness (QED) is 0.563. The number of rotatable bonds is 1. The summed E-state index contributed by atoms with van der Waals surface area (Å²) >= 11 is 0. The number of nitrogens with zero attached hydrogens (tertiary/aromatic N) is 1. The van der Waals surface area contributed by atoms with E-state index in [0.717, 1.165) is 0 Å². The molecule has 0 atom stereocenters. The maximum Gasteiger partial charge on any atom is 0.125 e. The fourth-order valence-electron chi connectivity index (χ4n) is 1.28. The Bertz CT molecular complexity index is 228. The van der Waals surface area contributed by atoms with Crippen molar-refractivity contribution in [2.45, 2.75) is 39.4 Å². The molecule has 0 saturated carbocycles. The van der Waals surface area contributed by atoms with Crippen molar-refractivity contribution in [1.29, 1.82) is 0 Å². The smallest absolute Gasteiger partial charge is 0.125 e. The summed E-state index contributed by atoms with van der Waals surface area (Å²) in [4.78, 5) is 2.08. The van der Waals surface area contributed by atoms with Gasteiger partial charge in [0.2, 0.25) is 0 Å². The summed E-state index contributed by atoms with van der Waals surface area (Å²) < 4.78 is 12.6. The summed E-state index contributed by atoms with van der Waals surface area (Å²) in [6.45, 7) is 9.32. The van der Waals surface area contributed by atoms with Gasteiger partial charge in [-0.25, -0.2) is 4.39 Å². The van der Waals surface area contributed by atoms with Crippen LogP contribution in [-0.2, 0) is 0 Å². The monoisotopic (exact) mass is 183 g/mol. The Morgan fingerprint density at radius 1 is 1.38 bits per heavy atom. The zero-order valence-corrected chi connectivity index (χ0v) is 8.89. The van der Waals surface area contributed by atoms with Crippen LogP contribution in [0.3, 0.4) is 0 Å². The lowest BCUT2D eigenvalue weighted by Gasteiger charge is -2.43. The van der Waals surface area contributed by atoms with E-state index in [2.05, 4.69) is 30.6 Å². The van der Waals surface area contributed by atoms with Crippen LogP contribution in [0.5, 0.6) is 0 Å². The molecule has 1 rings (SSSR count). The molecule has 13 heavy (non-hydrogen) atoms. The van der Waals surface area contributed by atoms with E-state index >= 15 is 0 Å². The van der Waals surface area contributed by atoms with E-state index < -0.39 is 6.17 Å². The van der Waals surface area contributed by atoms with Crippen molar-refractivity contribution < 1.29 is 4.39 Å². The molecule has 0 aliphatic carbocycles. The molecule has 1 nitrogen and oxygen atoms in total. The van der Waals surface area contributed by atoms with Crippen LogP contribution >= 0.6 is 0 Å². The fourth-order valence-corrected chi connectivity index (χ4v) is 1.28. The van der Waals surface area contributed by atoms with Gasteiger partial charge in [-0.2, -0.15) is 0 Å². The summed E-state index contributed by atoms with van der Waals surface area (Å²) in [6, 6.07) is 0. The molecule has 1 fully saturated rings. The van der Waals surface area contributed by atoms with Crippen molar-refractivity contribution in [1.82, 2.24) is 4.90 Å². The average Bonchev–Trinajstić information content (AvgIpc) is 1.95. The lowest BCUT2D eigenvalue weighted by Crippen LogP contribution is -2.57. The van der Waals surface area contributed by atoms with Crippen molar-refractivity contribution >= 4 is 0 Å². The normalized spacial score (nSPS) is 19.5. The van der Waals surface area contributed by atoms with Crippen LogP contribution in [-0.4, -0.2) is 29.7 Å². The number of alkyl halides is 1. The van der Waals surface area contributed by atoms with E-state index in [-0.39, 0.29) is 5.54 Å². The first-order valence-corrected chi connectivity index (χ1v) is 4.83. The summed E-state index contributed by atoms with van der Waals surface area (Å²) in [5, 5.41) is 0. The van der Waals surface area contributed by atoms with Gasteiger partial charge >= 0.3 is 0 Å². The summed E-state index contributed by atoms with van der Waals surface area (Å²) in [5.41, 5.74) is -0.160. The second-order valence-corrected chi connectivity index (χ2v) is 4.49. The highest BCUT2D eigenvalue weighted by Gasteiger charge is 2.36. The van der Waals surface area contributed by atoms with E-state index in [4.69, 9.17) is 0 Å². The van der Waals surface area contributed by atoms with E-state index in [1.807, 2.05) is 13.8 Å². The number of hydrogen-bond donors (Lipinski definition) is 0. The summed E-state index contributed by atoms with van der Waals surface area (Å²) in [6.07, 6.45) is -0.639. The molecule has 0 N–H and O–H groups in total. The average molecular weight is 183 g/mol. The molecule has 0 aromatic carbocycles. The Morgan fingerprint density at radius 2 is 1.92 bits per heavy atom. The highest BCUT2D eigenvalue weighted by Crippen LogP contribution is 2.22. The molecule has 1 saturated heterocycles.